The van der Waals surface area contributed by atoms with Crippen LogP contribution in [0.5, 0.6) is 0 Å². The molecule has 7 heteroatoms. The van der Waals surface area contributed by atoms with E-state index in [1.165, 1.54) is 3.57 Å². The van der Waals surface area contributed by atoms with E-state index in [0.717, 1.165) is 33.6 Å². The number of furan rings is 2. The number of hydrogen-bond donors (Lipinski definition) is 0. The van der Waals surface area contributed by atoms with Crippen molar-refractivity contribution in [3.63, 3.8) is 0 Å². The fourth-order valence-electron chi connectivity index (χ4n) is 2.91. The molecule has 0 spiro atoms. The molecule has 1 aromatic carbocycles. The number of nitrogens with zero attached hydrogens (tertiary/aromatic N) is 2. The van der Waals surface area contributed by atoms with E-state index in [-0.39, 0.29) is 0 Å². The van der Waals surface area contributed by atoms with Crippen LogP contribution in [0.1, 0.15) is 11.4 Å². The van der Waals surface area contributed by atoms with Gasteiger partial charge in [-0.1, -0.05) is 0 Å². The third-order valence-electron chi connectivity index (χ3n) is 4.33. The van der Waals surface area contributed by atoms with E-state index in [1.54, 1.807) is 12.5 Å². The van der Waals surface area contributed by atoms with Gasteiger partial charge in [0.15, 0.2) is 0 Å². The first-order chi connectivity index (χ1) is 12.5. The van der Waals surface area contributed by atoms with Gasteiger partial charge in [0.2, 0.25) is 0 Å². The second-order valence-electron chi connectivity index (χ2n) is 5.91. The monoisotopic (exact) mass is 542 g/mol. The molecule has 0 aliphatic heterocycles. The number of halogens is 1. The van der Waals surface area contributed by atoms with E-state index in [0.29, 0.717) is 0 Å². The van der Waals surface area contributed by atoms with Gasteiger partial charge in [0.1, 0.15) is 0 Å². The molecule has 0 radical (unpaired) electrons. The Hall–Kier alpha value is -1.33. The van der Waals surface area contributed by atoms with Gasteiger partial charge in [-0.25, -0.2) is 0 Å². The molecule has 0 saturated heterocycles. The first kappa shape index (κ1) is 18.1. The summed E-state index contributed by atoms with van der Waals surface area (Å²) >= 11 is 5.73. The minimum absolute atomic E-state index is 0.851. The van der Waals surface area contributed by atoms with Crippen molar-refractivity contribution in [1.82, 2.24) is 9.55 Å². The van der Waals surface area contributed by atoms with Crippen LogP contribution in [0.25, 0.3) is 5.69 Å². The molecule has 132 valence electrons. The maximum absolute atomic E-state index is 5.84. The van der Waals surface area contributed by atoms with E-state index in [9.17, 15) is 0 Å². The van der Waals surface area contributed by atoms with Gasteiger partial charge in [-0.15, -0.1) is 0 Å². The number of rotatable bonds is 4. The third-order valence-corrected chi connectivity index (χ3v) is 11.0. The molecule has 0 fully saturated rings. The topological polar surface area (TPSA) is 44.1 Å². The molecule has 4 rings (SSSR count). The van der Waals surface area contributed by atoms with Crippen molar-refractivity contribution in [2.75, 3.05) is 0 Å². The van der Waals surface area contributed by atoms with Crippen LogP contribution in [0.2, 0.25) is 0 Å². The molecule has 26 heavy (non-hydrogen) atoms. The second kappa shape index (κ2) is 7.01. The van der Waals surface area contributed by atoms with E-state index >= 15 is 0 Å². The molecule has 0 N–H and O–H groups in total. The SMILES string of the molecule is Cc1nc(P(=[Se])(c2ccco2)c2ccco2)n(-c2ccc(I)cc2)c1C. The van der Waals surface area contributed by atoms with Crippen molar-refractivity contribution in [1.29, 1.82) is 0 Å². The summed E-state index contributed by atoms with van der Waals surface area (Å²) in [6.07, 6.45) is 3.39. The number of aryl methyl sites for hydroxylation is 1. The van der Waals surface area contributed by atoms with Crippen LogP contribution < -0.4 is 16.6 Å². The maximum atomic E-state index is 5.84. The Kier molecular flexibility index (Phi) is 4.86. The first-order valence-electron chi connectivity index (χ1n) is 8.02. The van der Waals surface area contributed by atoms with Gasteiger partial charge < -0.3 is 0 Å². The molecule has 0 unspecified atom stereocenters. The van der Waals surface area contributed by atoms with Crippen LogP contribution in [-0.2, 0) is 0 Å². The average molecular weight is 541 g/mol. The van der Waals surface area contributed by atoms with Gasteiger partial charge in [0.25, 0.3) is 0 Å². The van der Waals surface area contributed by atoms with E-state index in [1.807, 2.05) is 31.2 Å². The van der Waals surface area contributed by atoms with Gasteiger partial charge in [-0.05, 0) is 0 Å². The molecule has 0 aliphatic carbocycles. The summed E-state index contributed by atoms with van der Waals surface area (Å²) in [5.74, 6) is 0. The average Bonchev–Trinajstić information content (AvgIpc) is 3.38. The molecular formula is C19H16IN2O2PSe. The third kappa shape index (κ3) is 2.89. The standard InChI is InChI=1S/C19H16IN2O2PSe/c1-13-14(2)22(16-9-7-15(20)8-10-16)19(21-13)25(26,17-5-3-11-23-17)18-6-4-12-24-18/h3-12H,1-2H3. The Morgan fingerprint density at radius 2 is 1.54 bits per heavy atom. The summed E-state index contributed by atoms with van der Waals surface area (Å²) in [4.78, 5) is 4.95. The predicted octanol–water partition coefficient (Wildman–Crippen LogP) is 3.66. The van der Waals surface area contributed by atoms with Crippen LogP contribution in [-0.4, -0.2) is 24.6 Å². The minimum atomic E-state index is -2.26. The first-order valence-corrected chi connectivity index (χ1v) is 13.1. The number of aromatic nitrogens is 2. The molecule has 4 nitrogen and oxygen atoms in total. The summed E-state index contributed by atoms with van der Waals surface area (Å²) in [7, 11) is 0. The Bertz CT molecular complexity index is 1050. The molecule has 0 bridgehead atoms. The number of benzene rings is 1. The van der Waals surface area contributed by atoms with Crippen LogP contribution >= 0.6 is 28.1 Å². The summed E-state index contributed by atoms with van der Waals surface area (Å²) in [6, 6.07) is 16.2. The molecule has 3 heterocycles. The molecule has 0 aliphatic rings. The Labute approximate surface area is 173 Å². The van der Waals surface area contributed by atoms with Crippen molar-refractivity contribution < 1.29 is 8.83 Å². The van der Waals surface area contributed by atoms with Crippen molar-refractivity contribution in [3.05, 3.63) is 76.0 Å². The summed E-state index contributed by atoms with van der Waals surface area (Å²) < 4.78 is 15.1. The number of hydrogen-bond acceptors (Lipinski definition) is 3. The quantitative estimate of drug-likeness (QED) is 0.225. The van der Waals surface area contributed by atoms with Gasteiger partial charge in [0.05, 0.1) is 0 Å². The van der Waals surface area contributed by atoms with Crippen molar-refractivity contribution in [3.8, 4) is 5.69 Å². The summed E-state index contributed by atoms with van der Waals surface area (Å²) in [5.41, 5.74) is 3.56. The van der Waals surface area contributed by atoms with Crippen molar-refractivity contribution in [2.45, 2.75) is 13.8 Å². The molecule has 0 amide bonds. The van der Waals surface area contributed by atoms with Crippen LogP contribution in [0.15, 0.2) is 69.9 Å². The molecular weight excluding hydrogens is 525 g/mol. The zero-order chi connectivity index (χ0) is 18.3. The van der Waals surface area contributed by atoms with Gasteiger partial charge in [0, 0.05) is 0 Å². The van der Waals surface area contributed by atoms with Crippen LogP contribution in [0, 0.1) is 17.4 Å². The van der Waals surface area contributed by atoms with Crippen molar-refractivity contribution in [2.24, 2.45) is 0 Å². The molecule has 0 saturated carbocycles. The zero-order valence-electron chi connectivity index (χ0n) is 14.2. The van der Waals surface area contributed by atoms with Crippen LogP contribution in [0.4, 0.5) is 0 Å². The summed E-state index contributed by atoms with van der Waals surface area (Å²) in [5, 5.41) is 0. The molecule has 4 aromatic rings. The Morgan fingerprint density at radius 1 is 0.962 bits per heavy atom. The Morgan fingerprint density at radius 3 is 2.04 bits per heavy atom. The molecule has 3 aromatic heterocycles. The van der Waals surface area contributed by atoms with Gasteiger partial charge in [-0.3, -0.25) is 0 Å². The fourth-order valence-corrected chi connectivity index (χ4v) is 7.81. The predicted molar refractivity (Wildman–Crippen MR) is 115 cm³/mol. The zero-order valence-corrected chi connectivity index (χ0v) is 19.0. The summed E-state index contributed by atoms with van der Waals surface area (Å²) in [6.45, 7) is 4.13. The van der Waals surface area contributed by atoms with Gasteiger partial charge >= 0.3 is 174 Å². The van der Waals surface area contributed by atoms with E-state index < -0.39 is 5.51 Å². The van der Waals surface area contributed by atoms with E-state index in [2.05, 4.69) is 73.4 Å². The Balaban J connectivity index is 2.04. The second-order valence-corrected chi connectivity index (χ2v) is 13.1. The van der Waals surface area contributed by atoms with E-state index in [4.69, 9.17) is 13.8 Å². The normalized spacial score (nSPS) is 11.8. The van der Waals surface area contributed by atoms with Crippen LogP contribution in [0.3, 0.4) is 0 Å². The fraction of sp³-hybridized carbons (Fsp3) is 0.105. The van der Waals surface area contributed by atoms with Crippen molar-refractivity contribution >= 4 is 59.8 Å². The number of imidazole rings is 1. The molecule has 0 atom stereocenters. The van der Waals surface area contributed by atoms with Gasteiger partial charge in [-0.2, -0.15) is 0 Å².